The van der Waals surface area contributed by atoms with Gasteiger partial charge in [0.05, 0.1) is 0 Å². The summed E-state index contributed by atoms with van der Waals surface area (Å²) in [5.74, 6) is -0.807. The number of rotatable bonds is 3. The van der Waals surface area contributed by atoms with Crippen molar-refractivity contribution in [3.63, 3.8) is 0 Å². The molecule has 2 aromatic rings. The zero-order chi connectivity index (χ0) is 14.8. The molecule has 0 radical (unpaired) electrons. The van der Waals surface area contributed by atoms with Crippen molar-refractivity contribution in [3.8, 4) is 0 Å². The van der Waals surface area contributed by atoms with Gasteiger partial charge in [-0.15, -0.1) is 0 Å². The van der Waals surface area contributed by atoms with Gasteiger partial charge in [-0.2, -0.15) is 0 Å². The molecule has 1 aliphatic rings. The predicted octanol–water partition coefficient (Wildman–Crippen LogP) is 3.03. The van der Waals surface area contributed by atoms with Crippen molar-refractivity contribution in [2.45, 2.75) is 19.0 Å². The molecule has 4 nitrogen and oxygen atoms in total. The topological polar surface area (TPSA) is 53.4 Å². The zero-order valence-electron chi connectivity index (χ0n) is 11.4. The first-order valence-corrected chi connectivity index (χ1v) is 7.58. The number of halogens is 1. The van der Waals surface area contributed by atoms with E-state index in [-0.39, 0.29) is 0 Å². The van der Waals surface area contributed by atoms with Crippen molar-refractivity contribution in [1.82, 2.24) is 9.88 Å². The molecule has 3 rings (SSSR count). The van der Waals surface area contributed by atoms with Gasteiger partial charge in [-0.3, -0.25) is 14.7 Å². The second-order valence-corrected chi connectivity index (χ2v) is 6.08. The van der Waals surface area contributed by atoms with Gasteiger partial charge in [0.25, 0.3) is 0 Å². The molecule has 0 aliphatic carbocycles. The van der Waals surface area contributed by atoms with Crippen molar-refractivity contribution >= 4 is 21.9 Å². The molecule has 1 aliphatic heterocycles. The highest BCUT2D eigenvalue weighted by Gasteiger charge is 2.32. The molecule has 0 amide bonds. The third-order valence-corrected chi connectivity index (χ3v) is 4.27. The minimum absolute atomic E-state index is 0.594. The molecule has 0 spiro atoms. The van der Waals surface area contributed by atoms with Gasteiger partial charge in [-0.05, 0) is 41.3 Å². The second kappa shape index (κ2) is 5.95. The van der Waals surface area contributed by atoms with E-state index in [1.807, 2.05) is 35.2 Å². The molecular formula is C16H15BrN2O2. The number of carbonyl (C=O) groups is 1. The van der Waals surface area contributed by atoms with Crippen LogP contribution in [0.15, 0.2) is 47.2 Å². The number of fused-ring (bicyclic) bond motifs is 1. The molecule has 5 heteroatoms. The van der Waals surface area contributed by atoms with Gasteiger partial charge in [0, 0.05) is 30.0 Å². The van der Waals surface area contributed by atoms with Crippen molar-refractivity contribution in [1.29, 1.82) is 0 Å². The minimum atomic E-state index is -0.807. The van der Waals surface area contributed by atoms with Crippen LogP contribution in [0.3, 0.4) is 0 Å². The number of benzene rings is 1. The van der Waals surface area contributed by atoms with E-state index in [0.29, 0.717) is 6.54 Å². The van der Waals surface area contributed by atoms with Gasteiger partial charge in [0.1, 0.15) is 6.04 Å². The SMILES string of the molecule is O=C(O)C1c2cc(Br)ccc2CCN1Cc1cccnc1. The zero-order valence-corrected chi connectivity index (χ0v) is 13.0. The first kappa shape index (κ1) is 14.2. The summed E-state index contributed by atoms with van der Waals surface area (Å²) >= 11 is 3.43. The Bertz CT molecular complexity index is 661. The minimum Gasteiger partial charge on any atom is -0.480 e. The summed E-state index contributed by atoms with van der Waals surface area (Å²) in [7, 11) is 0. The molecule has 1 aromatic heterocycles. The van der Waals surface area contributed by atoms with Gasteiger partial charge in [0.2, 0.25) is 0 Å². The normalized spacial score (nSPS) is 18.2. The van der Waals surface area contributed by atoms with Crippen LogP contribution in [0.25, 0.3) is 0 Å². The largest absolute Gasteiger partial charge is 0.480 e. The number of aromatic nitrogens is 1. The van der Waals surface area contributed by atoms with E-state index in [2.05, 4.69) is 20.9 Å². The van der Waals surface area contributed by atoms with E-state index < -0.39 is 12.0 Å². The van der Waals surface area contributed by atoms with E-state index in [9.17, 15) is 9.90 Å². The smallest absolute Gasteiger partial charge is 0.325 e. The quantitative estimate of drug-likeness (QED) is 0.927. The lowest BCUT2D eigenvalue weighted by atomic mass is 9.92. The predicted molar refractivity (Wildman–Crippen MR) is 82.9 cm³/mol. The van der Waals surface area contributed by atoms with E-state index in [1.165, 1.54) is 0 Å². The molecule has 0 saturated carbocycles. The molecule has 108 valence electrons. The summed E-state index contributed by atoms with van der Waals surface area (Å²) in [4.78, 5) is 17.8. The lowest BCUT2D eigenvalue weighted by Gasteiger charge is -2.34. The highest BCUT2D eigenvalue weighted by atomic mass is 79.9. The monoisotopic (exact) mass is 346 g/mol. The standard InChI is InChI=1S/C16H15BrN2O2/c17-13-4-3-12-5-7-19(10-11-2-1-6-18-9-11)15(16(20)21)14(12)8-13/h1-4,6,8-9,15H,5,7,10H2,(H,20,21). The fraction of sp³-hybridized carbons (Fsp3) is 0.250. The lowest BCUT2D eigenvalue weighted by Crippen LogP contribution is -2.39. The Morgan fingerprint density at radius 1 is 1.43 bits per heavy atom. The summed E-state index contributed by atoms with van der Waals surface area (Å²) in [6.45, 7) is 1.33. The number of aliphatic carboxylic acids is 1. The summed E-state index contributed by atoms with van der Waals surface area (Å²) in [5.41, 5.74) is 3.03. The fourth-order valence-electron chi connectivity index (χ4n) is 2.82. The molecule has 1 aromatic carbocycles. The van der Waals surface area contributed by atoms with Gasteiger partial charge in [0.15, 0.2) is 0 Å². The van der Waals surface area contributed by atoms with Crippen LogP contribution >= 0.6 is 15.9 Å². The summed E-state index contributed by atoms with van der Waals surface area (Å²) in [5, 5.41) is 9.65. The number of hydrogen-bond acceptors (Lipinski definition) is 3. The molecule has 0 fully saturated rings. The summed E-state index contributed by atoms with van der Waals surface area (Å²) in [6, 6.07) is 9.14. The van der Waals surface area contributed by atoms with Crippen LogP contribution in [0, 0.1) is 0 Å². The van der Waals surface area contributed by atoms with Crippen LogP contribution in [0.5, 0.6) is 0 Å². The Labute approximate surface area is 131 Å². The Balaban J connectivity index is 1.94. The number of nitrogens with zero attached hydrogens (tertiary/aromatic N) is 2. The molecule has 0 saturated heterocycles. The van der Waals surface area contributed by atoms with E-state index in [0.717, 1.165) is 34.1 Å². The number of carboxylic acid groups (broad SMARTS) is 1. The molecule has 21 heavy (non-hydrogen) atoms. The maximum Gasteiger partial charge on any atom is 0.325 e. The molecule has 1 unspecified atom stereocenters. The lowest BCUT2D eigenvalue weighted by molar-refractivity contribution is -0.144. The van der Waals surface area contributed by atoms with Crippen LogP contribution in [-0.2, 0) is 17.8 Å². The van der Waals surface area contributed by atoms with Gasteiger partial charge in [-0.25, -0.2) is 0 Å². The first-order chi connectivity index (χ1) is 10.1. The van der Waals surface area contributed by atoms with Crippen molar-refractivity contribution in [2.24, 2.45) is 0 Å². The fourth-order valence-corrected chi connectivity index (χ4v) is 3.20. The van der Waals surface area contributed by atoms with Gasteiger partial charge >= 0.3 is 5.97 Å². The molecule has 0 bridgehead atoms. The first-order valence-electron chi connectivity index (χ1n) is 6.79. The molecule has 2 heterocycles. The highest BCUT2D eigenvalue weighted by molar-refractivity contribution is 9.10. The Morgan fingerprint density at radius 2 is 2.29 bits per heavy atom. The Kier molecular flexibility index (Phi) is 4.03. The Morgan fingerprint density at radius 3 is 3.00 bits per heavy atom. The average molecular weight is 347 g/mol. The van der Waals surface area contributed by atoms with Crippen molar-refractivity contribution < 1.29 is 9.90 Å². The second-order valence-electron chi connectivity index (χ2n) is 5.17. The van der Waals surface area contributed by atoms with Crippen LogP contribution in [0.1, 0.15) is 22.7 Å². The number of carboxylic acids is 1. The van der Waals surface area contributed by atoms with E-state index >= 15 is 0 Å². The van der Waals surface area contributed by atoms with Gasteiger partial charge in [-0.1, -0.05) is 28.1 Å². The maximum absolute atomic E-state index is 11.8. The van der Waals surface area contributed by atoms with Crippen LogP contribution < -0.4 is 0 Å². The number of hydrogen-bond donors (Lipinski definition) is 1. The van der Waals surface area contributed by atoms with Crippen LogP contribution in [0.4, 0.5) is 0 Å². The summed E-state index contributed by atoms with van der Waals surface area (Å²) in [6.07, 6.45) is 4.38. The molecular weight excluding hydrogens is 332 g/mol. The molecule has 1 atom stereocenters. The third-order valence-electron chi connectivity index (χ3n) is 3.78. The summed E-state index contributed by atoms with van der Waals surface area (Å²) < 4.78 is 0.913. The third kappa shape index (κ3) is 2.99. The number of pyridine rings is 1. The van der Waals surface area contributed by atoms with Crippen LogP contribution in [-0.4, -0.2) is 27.5 Å². The van der Waals surface area contributed by atoms with E-state index in [4.69, 9.17) is 0 Å². The molecule has 1 N–H and O–H groups in total. The van der Waals surface area contributed by atoms with Crippen LogP contribution in [0.2, 0.25) is 0 Å². The Hall–Kier alpha value is -1.72. The van der Waals surface area contributed by atoms with Crippen molar-refractivity contribution in [2.75, 3.05) is 6.54 Å². The highest BCUT2D eigenvalue weighted by Crippen LogP contribution is 2.33. The van der Waals surface area contributed by atoms with E-state index in [1.54, 1.807) is 12.4 Å². The van der Waals surface area contributed by atoms with Crippen molar-refractivity contribution in [3.05, 3.63) is 63.9 Å². The maximum atomic E-state index is 11.8. The van der Waals surface area contributed by atoms with Gasteiger partial charge < -0.3 is 5.11 Å². The average Bonchev–Trinajstić information content (AvgIpc) is 2.47.